The number of amides is 2. The molecular weight excluding hydrogens is 448 g/mol. The normalized spacial score (nSPS) is 10.8. The average Bonchev–Trinajstić information content (AvgIpc) is 2.87. The Bertz CT molecular complexity index is 883. The van der Waals surface area contributed by atoms with E-state index < -0.39 is 5.91 Å². The highest BCUT2D eigenvalue weighted by Gasteiger charge is 2.13. The second-order valence-corrected chi connectivity index (χ2v) is 9.80. The molecule has 5 nitrogen and oxygen atoms in total. The molecule has 0 spiro atoms. The number of carbonyl (C=O) groups is 2. The fourth-order valence-corrected chi connectivity index (χ4v) is 4.40. The molecular formula is C31H46N2O3. The molecule has 0 heterocycles. The zero-order valence-electron chi connectivity index (χ0n) is 22.2. The Kier molecular flexibility index (Phi) is 15.1. The van der Waals surface area contributed by atoms with Gasteiger partial charge >= 0.3 is 0 Å². The molecule has 0 atom stereocenters. The zero-order chi connectivity index (χ0) is 25.8. The van der Waals surface area contributed by atoms with Gasteiger partial charge in [0.25, 0.3) is 5.91 Å². The molecule has 0 fully saturated rings. The summed E-state index contributed by atoms with van der Waals surface area (Å²) in [7, 11) is 0. The van der Waals surface area contributed by atoms with E-state index in [9.17, 15) is 14.7 Å². The number of carbonyl (C=O) groups excluding carboxylic acids is 2. The highest BCUT2D eigenvalue weighted by atomic mass is 16.3. The van der Waals surface area contributed by atoms with Crippen molar-refractivity contribution < 1.29 is 14.7 Å². The number of hydrogen-bond donors (Lipinski definition) is 3. The fourth-order valence-electron chi connectivity index (χ4n) is 4.40. The molecule has 36 heavy (non-hydrogen) atoms. The Balaban J connectivity index is 1.50. The molecule has 0 aromatic heterocycles. The van der Waals surface area contributed by atoms with E-state index in [0.29, 0.717) is 17.8 Å². The van der Waals surface area contributed by atoms with Gasteiger partial charge < -0.3 is 15.7 Å². The van der Waals surface area contributed by atoms with Crippen LogP contribution in [-0.2, 0) is 4.79 Å². The topological polar surface area (TPSA) is 78.4 Å². The third kappa shape index (κ3) is 12.8. The summed E-state index contributed by atoms with van der Waals surface area (Å²) in [6.07, 6.45) is 19.9. The van der Waals surface area contributed by atoms with Crippen molar-refractivity contribution >= 4 is 23.2 Å². The maximum atomic E-state index is 12.4. The van der Waals surface area contributed by atoms with Gasteiger partial charge in [-0.15, -0.1) is 0 Å². The minimum absolute atomic E-state index is 0.0643. The van der Waals surface area contributed by atoms with Crippen molar-refractivity contribution in [2.24, 2.45) is 0 Å². The van der Waals surface area contributed by atoms with Crippen molar-refractivity contribution in [3.63, 3.8) is 0 Å². The number of benzene rings is 2. The fraction of sp³-hybridized carbons (Fsp3) is 0.548. The Hall–Kier alpha value is -2.82. The van der Waals surface area contributed by atoms with Crippen molar-refractivity contribution in [2.75, 3.05) is 10.6 Å². The molecule has 0 radical (unpaired) electrons. The number of anilines is 2. The summed E-state index contributed by atoms with van der Waals surface area (Å²) in [4.78, 5) is 24.6. The number of aromatic hydroxyl groups is 1. The number of unbranched alkanes of at least 4 members (excludes halogenated alkanes) is 14. The molecule has 0 aliphatic rings. The summed E-state index contributed by atoms with van der Waals surface area (Å²) in [5.74, 6) is -0.617. The Morgan fingerprint density at radius 3 is 1.69 bits per heavy atom. The number of nitrogens with one attached hydrogen (secondary N) is 2. The Labute approximate surface area is 218 Å². The van der Waals surface area contributed by atoms with Gasteiger partial charge in [0.05, 0.1) is 5.56 Å². The summed E-state index contributed by atoms with van der Waals surface area (Å²) in [6, 6.07) is 13.7. The molecule has 3 N–H and O–H groups in total. The first-order valence-corrected chi connectivity index (χ1v) is 14.1. The molecule has 2 aromatic rings. The van der Waals surface area contributed by atoms with Crippen molar-refractivity contribution in [1.29, 1.82) is 0 Å². The number of phenolic OH excluding ortho intramolecular Hbond substituents is 1. The van der Waals surface area contributed by atoms with Crippen LogP contribution in [0.5, 0.6) is 5.75 Å². The van der Waals surface area contributed by atoms with Gasteiger partial charge in [0.1, 0.15) is 5.75 Å². The van der Waals surface area contributed by atoms with Gasteiger partial charge in [-0.2, -0.15) is 0 Å². The number of phenols is 1. The van der Waals surface area contributed by atoms with Crippen LogP contribution in [0.4, 0.5) is 11.4 Å². The molecule has 2 rings (SSSR count). The van der Waals surface area contributed by atoms with Crippen LogP contribution < -0.4 is 10.6 Å². The first-order chi connectivity index (χ1) is 17.6. The van der Waals surface area contributed by atoms with Gasteiger partial charge in [-0.1, -0.05) is 115 Å². The van der Waals surface area contributed by atoms with Gasteiger partial charge in [0, 0.05) is 23.9 Å². The van der Waals surface area contributed by atoms with E-state index in [0.717, 1.165) is 12.8 Å². The average molecular weight is 495 g/mol. The SMILES string of the molecule is CCCCCCCCCCCCCCCCCC(=O)Nc1ccc(C(=O)Nc2ccccc2)c(O)c1. The van der Waals surface area contributed by atoms with E-state index in [1.807, 2.05) is 18.2 Å². The van der Waals surface area contributed by atoms with E-state index in [1.54, 1.807) is 18.2 Å². The van der Waals surface area contributed by atoms with Crippen LogP contribution in [0, 0.1) is 0 Å². The molecule has 2 amide bonds. The van der Waals surface area contributed by atoms with Crippen LogP contribution in [0.2, 0.25) is 0 Å². The van der Waals surface area contributed by atoms with E-state index in [2.05, 4.69) is 17.6 Å². The number of para-hydroxylation sites is 1. The van der Waals surface area contributed by atoms with Crippen molar-refractivity contribution in [2.45, 2.75) is 110 Å². The summed E-state index contributed by atoms with van der Waals surface area (Å²) >= 11 is 0. The van der Waals surface area contributed by atoms with Crippen LogP contribution in [0.15, 0.2) is 48.5 Å². The third-order valence-corrected chi connectivity index (χ3v) is 6.57. The van der Waals surface area contributed by atoms with Crippen LogP contribution in [0.3, 0.4) is 0 Å². The zero-order valence-corrected chi connectivity index (χ0v) is 22.2. The monoisotopic (exact) mass is 494 g/mol. The highest BCUT2D eigenvalue weighted by Crippen LogP contribution is 2.23. The van der Waals surface area contributed by atoms with Crippen LogP contribution in [0.1, 0.15) is 120 Å². The molecule has 0 aliphatic heterocycles. The number of hydrogen-bond acceptors (Lipinski definition) is 3. The lowest BCUT2D eigenvalue weighted by Crippen LogP contribution is -2.13. The molecule has 5 heteroatoms. The standard InChI is InChI=1S/C31H46N2O3/c1-2-3-4-5-6-7-8-9-10-11-12-13-14-15-19-22-30(35)32-27-23-24-28(29(34)25-27)31(36)33-26-20-17-16-18-21-26/h16-18,20-21,23-25,34H,2-15,19,22H2,1H3,(H,32,35)(H,33,36). The van der Waals surface area contributed by atoms with E-state index in [4.69, 9.17) is 0 Å². The van der Waals surface area contributed by atoms with Crippen molar-refractivity contribution in [1.82, 2.24) is 0 Å². The summed E-state index contributed by atoms with van der Waals surface area (Å²) < 4.78 is 0. The summed E-state index contributed by atoms with van der Waals surface area (Å²) in [5, 5.41) is 15.8. The minimum atomic E-state index is -0.394. The lowest BCUT2D eigenvalue weighted by molar-refractivity contribution is -0.116. The van der Waals surface area contributed by atoms with Gasteiger partial charge in [-0.25, -0.2) is 0 Å². The van der Waals surface area contributed by atoms with Gasteiger partial charge in [-0.05, 0) is 30.7 Å². The second kappa shape index (κ2) is 18.4. The third-order valence-electron chi connectivity index (χ3n) is 6.57. The van der Waals surface area contributed by atoms with E-state index in [1.165, 1.54) is 95.6 Å². The highest BCUT2D eigenvalue weighted by molar-refractivity contribution is 6.06. The van der Waals surface area contributed by atoms with Gasteiger partial charge in [0.2, 0.25) is 5.91 Å². The lowest BCUT2D eigenvalue weighted by Gasteiger charge is -2.10. The molecule has 0 saturated carbocycles. The lowest BCUT2D eigenvalue weighted by atomic mass is 10.0. The van der Waals surface area contributed by atoms with Crippen molar-refractivity contribution in [3.8, 4) is 5.75 Å². The minimum Gasteiger partial charge on any atom is -0.507 e. The smallest absolute Gasteiger partial charge is 0.259 e. The summed E-state index contributed by atoms with van der Waals surface area (Å²) in [6.45, 7) is 2.27. The number of rotatable bonds is 19. The van der Waals surface area contributed by atoms with Crippen LogP contribution >= 0.6 is 0 Å². The van der Waals surface area contributed by atoms with Crippen LogP contribution in [-0.4, -0.2) is 16.9 Å². The predicted molar refractivity (Wildman–Crippen MR) is 151 cm³/mol. The molecule has 0 unspecified atom stereocenters. The van der Waals surface area contributed by atoms with E-state index in [-0.39, 0.29) is 17.2 Å². The first-order valence-electron chi connectivity index (χ1n) is 14.1. The molecule has 0 bridgehead atoms. The Morgan fingerprint density at radius 2 is 1.17 bits per heavy atom. The molecule has 0 saturated heterocycles. The maximum absolute atomic E-state index is 12.4. The molecule has 0 aliphatic carbocycles. The first kappa shape index (κ1) is 29.4. The van der Waals surface area contributed by atoms with Crippen LogP contribution in [0.25, 0.3) is 0 Å². The maximum Gasteiger partial charge on any atom is 0.259 e. The van der Waals surface area contributed by atoms with Crippen molar-refractivity contribution in [3.05, 3.63) is 54.1 Å². The van der Waals surface area contributed by atoms with E-state index >= 15 is 0 Å². The van der Waals surface area contributed by atoms with Gasteiger partial charge in [0.15, 0.2) is 0 Å². The summed E-state index contributed by atoms with van der Waals surface area (Å²) in [5.41, 5.74) is 1.32. The quantitative estimate of drug-likeness (QED) is 0.171. The Morgan fingerprint density at radius 1 is 0.639 bits per heavy atom. The molecule has 198 valence electrons. The molecule has 2 aromatic carbocycles. The predicted octanol–water partition coefficient (Wildman–Crippen LogP) is 8.84. The second-order valence-electron chi connectivity index (χ2n) is 9.80. The largest absolute Gasteiger partial charge is 0.507 e. The van der Waals surface area contributed by atoms with Gasteiger partial charge in [-0.3, -0.25) is 9.59 Å².